The van der Waals surface area contributed by atoms with E-state index in [2.05, 4.69) is 5.32 Å². The van der Waals surface area contributed by atoms with Crippen molar-refractivity contribution >= 4 is 44.8 Å². The number of anilines is 1. The summed E-state index contributed by atoms with van der Waals surface area (Å²) >= 11 is 12.1. The van der Waals surface area contributed by atoms with E-state index in [-0.39, 0.29) is 35.3 Å². The van der Waals surface area contributed by atoms with Crippen LogP contribution in [0, 0.1) is 6.92 Å². The van der Waals surface area contributed by atoms with Crippen LogP contribution >= 0.6 is 23.2 Å². The van der Waals surface area contributed by atoms with Crippen LogP contribution in [0.1, 0.15) is 18.4 Å². The number of morpholine rings is 1. The first-order valence-electron chi connectivity index (χ1n) is 9.83. The molecule has 1 aliphatic heterocycles. The molecular formula is C21H24Cl2N2O5S. The van der Waals surface area contributed by atoms with Crippen LogP contribution in [0.3, 0.4) is 0 Å². The third-order valence-electron chi connectivity index (χ3n) is 4.75. The van der Waals surface area contributed by atoms with Crippen molar-refractivity contribution in [3.63, 3.8) is 0 Å². The van der Waals surface area contributed by atoms with Gasteiger partial charge in [0.05, 0.1) is 24.8 Å². The van der Waals surface area contributed by atoms with Gasteiger partial charge in [0.15, 0.2) is 0 Å². The number of hydrogen-bond acceptors (Lipinski definition) is 5. The van der Waals surface area contributed by atoms with E-state index >= 15 is 0 Å². The van der Waals surface area contributed by atoms with Crippen molar-refractivity contribution < 1.29 is 22.7 Å². The summed E-state index contributed by atoms with van der Waals surface area (Å²) in [6.07, 6.45) is 0.723. The van der Waals surface area contributed by atoms with Crippen LogP contribution in [0.4, 0.5) is 5.69 Å². The molecule has 168 valence electrons. The van der Waals surface area contributed by atoms with E-state index in [1.807, 2.05) is 13.0 Å². The van der Waals surface area contributed by atoms with Gasteiger partial charge < -0.3 is 14.8 Å². The van der Waals surface area contributed by atoms with Crippen LogP contribution in [0.2, 0.25) is 10.0 Å². The first-order valence-corrected chi connectivity index (χ1v) is 12.0. The molecule has 1 N–H and O–H groups in total. The van der Waals surface area contributed by atoms with Gasteiger partial charge in [-0.15, -0.1) is 0 Å². The number of amides is 1. The minimum absolute atomic E-state index is 0.0321. The van der Waals surface area contributed by atoms with Crippen molar-refractivity contribution in [2.45, 2.75) is 24.7 Å². The molecule has 2 aromatic carbocycles. The molecule has 0 bridgehead atoms. The zero-order valence-corrected chi connectivity index (χ0v) is 19.4. The highest BCUT2D eigenvalue weighted by molar-refractivity contribution is 7.89. The number of rotatable bonds is 8. The summed E-state index contributed by atoms with van der Waals surface area (Å²) in [6.45, 7) is 3.47. The molecule has 1 fully saturated rings. The molecule has 0 atom stereocenters. The third-order valence-corrected chi connectivity index (χ3v) is 7.55. The number of hydrogen-bond donors (Lipinski definition) is 1. The van der Waals surface area contributed by atoms with E-state index in [0.29, 0.717) is 42.7 Å². The van der Waals surface area contributed by atoms with E-state index < -0.39 is 10.0 Å². The fraction of sp³-hybridized carbons (Fsp3) is 0.381. The second-order valence-electron chi connectivity index (χ2n) is 7.07. The number of aryl methyl sites for hydroxylation is 1. The highest BCUT2D eigenvalue weighted by Crippen LogP contribution is 2.28. The monoisotopic (exact) mass is 486 g/mol. The summed E-state index contributed by atoms with van der Waals surface area (Å²) < 4.78 is 38.0. The quantitative estimate of drug-likeness (QED) is 0.567. The lowest BCUT2D eigenvalue weighted by Crippen LogP contribution is -2.40. The van der Waals surface area contributed by atoms with E-state index in [1.165, 1.54) is 16.4 Å². The lowest BCUT2D eigenvalue weighted by molar-refractivity contribution is -0.116. The number of carbonyl (C=O) groups excluding carboxylic acids is 1. The molecule has 31 heavy (non-hydrogen) atoms. The van der Waals surface area contributed by atoms with Crippen LogP contribution in [-0.2, 0) is 19.6 Å². The number of nitrogens with one attached hydrogen (secondary N) is 1. The minimum Gasteiger partial charge on any atom is -0.494 e. The fourth-order valence-electron chi connectivity index (χ4n) is 3.06. The Labute approximate surface area is 192 Å². The van der Waals surface area contributed by atoms with Gasteiger partial charge in [-0.2, -0.15) is 4.31 Å². The van der Waals surface area contributed by atoms with Gasteiger partial charge in [-0.05, 0) is 55.3 Å². The Morgan fingerprint density at radius 1 is 1.13 bits per heavy atom. The molecular weight excluding hydrogens is 463 g/mol. The fourth-order valence-corrected chi connectivity index (χ4v) is 5.08. The van der Waals surface area contributed by atoms with Crippen molar-refractivity contribution in [2.75, 3.05) is 38.2 Å². The Kier molecular flexibility index (Phi) is 8.18. The molecule has 1 aliphatic rings. The average Bonchev–Trinajstić information content (AvgIpc) is 2.75. The molecule has 10 heteroatoms. The normalized spacial score (nSPS) is 14.9. The Bertz CT molecular complexity index is 1040. The smallest absolute Gasteiger partial charge is 0.244 e. The summed E-state index contributed by atoms with van der Waals surface area (Å²) in [6, 6.07) is 9.81. The number of carbonyl (C=O) groups is 1. The molecule has 1 amide bonds. The van der Waals surface area contributed by atoms with Gasteiger partial charge in [0.1, 0.15) is 10.6 Å². The van der Waals surface area contributed by atoms with Crippen LogP contribution in [-0.4, -0.2) is 51.5 Å². The van der Waals surface area contributed by atoms with Crippen LogP contribution in [0.25, 0.3) is 0 Å². The van der Waals surface area contributed by atoms with Gasteiger partial charge in [0.25, 0.3) is 0 Å². The van der Waals surface area contributed by atoms with Crippen molar-refractivity contribution in [1.82, 2.24) is 4.31 Å². The Hall–Kier alpha value is -1.84. The van der Waals surface area contributed by atoms with Crippen LogP contribution in [0.5, 0.6) is 5.75 Å². The Morgan fingerprint density at radius 2 is 1.84 bits per heavy atom. The SMILES string of the molecule is Cc1cc(OCCCC(=O)Nc2ccc(Cl)c(S(=O)(=O)N3CCOCC3)c2)ccc1Cl. The predicted molar refractivity (Wildman–Crippen MR) is 121 cm³/mol. The maximum absolute atomic E-state index is 12.9. The lowest BCUT2D eigenvalue weighted by Gasteiger charge is -2.26. The van der Waals surface area contributed by atoms with Crippen molar-refractivity contribution in [3.8, 4) is 5.75 Å². The Morgan fingerprint density at radius 3 is 2.55 bits per heavy atom. The number of ether oxygens (including phenoxy) is 2. The minimum atomic E-state index is -3.77. The number of benzene rings is 2. The number of halogens is 2. The summed E-state index contributed by atoms with van der Waals surface area (Å²) in [5.41, 5.74) is 1.29. The third kappa shape index (κ3) is 6.33. The van der Waals surface area contributed by atoms with Crippen LogP contribution in [0.15, 0.2) is 41.3 Å². The zero-order chi connectivity index (χ0) is 22.4. The molecule has 0 saturated carbocycles. The maximum atomic E-state index is 12.9. The largest absolute Gasteiger partial charge is 0.494 e. The first kappa shape index (κ1) is 23.8. The molecule has 0 aromatic heterocycles. The number of nitrogens with zero attached hydrogens (tertiary/aromatic N) is 1. The predicted octanol–water partition coefficient (Wildman–Crippen LogP) is 4.12. The molecule has 1 saturated heterocycles. The summed E-state index contributed by atoms with van der Waals surface area (Å²) in [4.78, 5) is 12.2. The van der Waals surface area contributed by atoms with E-state index in [0.717, 1.165) is 5.56 Å². The van der Waals surface area contributed by atoms with Crippen molar-refractivity contribution in [2.24, 2.45) is 0 Å². The average molecular weight is 487 g/mol. The van der Waals surface area contributed by atoms with Gasteiger partial charge in [-0.3, -0.25) is 4.79 Å². The number of sulfonamides is 1. The Balaban J connectivity index is 1.55. The first-order chi connectivity index (χ1) is 14.8. The second kappa shape index (κ2) is 10.7. The van der Waals surface area contributed by atoms with Gasteiger partial charge in [-0.1, -0.05) is 23.2 Å². The van der Waals surface area contributed by atoms with E-state index in [4.69, 9.17) is 32.7 Å². The maximum Gasteiger partial charge on any atom is 0.244 e. The van der Waals surface area contributed by atoms with E-state index in [1.54, 1.807) is 18.2 Å². The second-order valence-corrected chi connectivity index (χ2v) is 9.79. The van der Waals surface area contributed by atoms with Crippen molar-refractivity contribution in [1.29, 1.82) is 0 Å². The summed E-state index contributed by atoms with van der Waals surface area (Å²) in [7, 11) is -3.77. The van der Waals surface area contributed by atoms with E-state index in [9.17, 15) is 13.2 Å². The molecule has 2 aromatic rings. The van der Waals surface area contributed by atoms with Gasteiger partial charge in [-0.25, -0.2) is 8.42 Å². The molecule has 7 nitrogen and oxygen atoms in total. The molecule has 0 aliphatic carbocycles. The highest BCUT2D eigenvalue weighted by Gasteiger charge is 2.28. The van der Waals surface area contributed by atoms with Crippen LogP contribution < -0.4 is 10.1 Å². The van der Waals surface area contributed by atoms with Gasteiger partial charge in [0, 0.05) is 30.2 Å². The highest BCUT2D eigenvalue weighted by atomic mass is 35.5. The molecule has 3 rings (SSSR count). The molecule has 1 heterocycles. The summed E-state index contributed by atoms with van der Waals surface area (Å²) in [5, 5.41) is 3.50. The van der Waals surface area contributed by atoms with Crippen molar-refractivity contribution in [3.05, 3.63) is 52.0 Å². The zero-order valence-electron chi connectivity index (χ0n) is 17.1. The summed E-state index contributed by atoms with van der Waals surface area (Å²) in [5.74, 6) is 0.450. The molecule has 0 radical (unpaired) electrons. The topological polar surface area (TPSA) is 84.9 Å². The standard InChI is InChI=1S/C21H24Cl2N2O5S/c1-15-13-17(5-7-18(15)22)30-10-2-3-21(26)24-16-4-6-19(23)20(14-16)31(27,28)25-8-11-29-12-9-25/h4-7,13-14H,2-3,8-12H2,1H3,(H,24,26). The molecule has 0 spiro atoms. The molecule has 0 unspecified atom stereocenters. The van der Waals surface area contributed by atoms with Gasteiger partial charge in [0.2, 0.25) is 15.9 Å². The van der Waals surface area contributed by atoms with Gasteiger partial charge >= 0.3 is 0 Å². The lowest BCUT2D eigenvalue weighted by atomic mass is 10.2.